The van der Waals surface area contributed by atoms with Gasteiger partial charge in [-0.15, -0.1) is 0 Å². The Hall–Kier alpha value is -4.20. The minimum Gasteiger partial charge on any atom is -0.493 e. The molecule has 4 rings (SSSR count). The molecule has 1 saturated carbocycles. The van der Waals surface area contributed by atoms with Crippen LogP contribution in [0, 0.1) is 28.4 Å². The van der Waals surface area contributed by atoms with Gasteiger partial charge in [0.2, 0.25) is 0 Å². The van der Waals surface area contributed by atoms with Gasteiger partial charge >= 0.3 is 6.03 Å². The highest BCUT2D eigenvalue weighted by atomic mass is 19.1. The third-order valence-electron chi connectivity index (χ3n) is 6.10. The summed E-state index contributed by atoms with van der Waals surface area (Å²) in [5, 5.41) is 20.9. The van der Waals surface area contributed by atoms with Crippen LogP contribution in [0.3, 0.4) is 0 Å². The number of halogens is 2. The molecule has 11 heteroatoms. The van der Waals surface area contributed by atoms with E-state index in [-0.39, 0.29) is 23.8 Å². The monoisotopic (exact) mass is 482 g/mol. The average Bonchev–Trinajstić information content (AvgIpc) is 3.63. The summed E-state index contributed by atoms with van der Waals surface area (Å²) in [5.41, 5.74) is 0.289. The molecular weight excluding hydrogens is 458 g/mol. The molecule has 0 radical (unpaired) electrons. The minimum atomic E-state index is -1.15. The third kappa shape index (κ3) is 3.80. The van der Waals surface area contributed by atoms with Gasteiger partial charge in [-0.05, 0) is 25.8 Å². The van der Waals surface area contributed by atoms with Crippen molar-refractivity contribution in [3.8, 4) is 17.6 Å². The highest BCUT2D eigenvalue weighted by molar-refractivity contribution is 6.21. The van der Waals surface area contributed by atoms with E-state index in [1.165, 1.54) is 25.3 Å². The lowest BCUT2D eigenvalue weighted by Crippen LogP contribution is -2.53. The molecule has 35 heavy (non-hydrogen) atoms. The number of hydrogen-bond acceptors (Lipinski definition) is 7. The summed E-state index contributed by atoms with van der Waals surface area (Å²) in [6, 6.07) is 4.12. The molecule has 0 unspecified atom stereocenters. The molecule has 0 saturated heterocycles. The zero-order valence-corrected chi connectivity index (χ0v) is 19.7. The number of nitrogens with one attached hydrogen (secondary N) is 2. The molecule has 2 aliphatic rings. The van der Waals surface area contributed by atoms with E-state index in [0.717, 1.165) is 11.0 Å². The van der Waals surface area contributed by atoms with Gasteiger partial charge in [-0.2, -0.15) is 5.26 Å². The van der Waals surface area contributed by atoms with E-state index >= 15 is 8.78 Å². The number of methoxy groups -OCH3 is 2. The number of carbonyl (C=O) groups is 1. The number of anilines is 2. The van der Waals surface area contributed by atoms with Crippen LogP contribution in [-0.2, 0) is 6.54 Å². The van der Waals surface area contributed by atoms with Gasteiger partial charge in [0, 0.05) is 42.4 Å². The smallest absolute Gasteiger partial charge is 0.330 e. The Labute approximate surface area is 201 Å². The summed E-state index contributed by atoms with van der Waals surface area (Å²) in [7, 11) is 4.14. The van der Waals surface area contributed by atoms with Crippen LogP contribution in [0.1, 0.15) is 31.0 Å². The number of nitrogens with zero attached hydrogens (tertiary/aromatic N) is 4. The van der Waals surface area contributed by atoms with Crippen molar-refractivity contribution in [1.29, 1.82) is 10.7 Å². The molecule has 2 amide bonds. The molecule has 0 atom stereocenters. The van der Waals surface area contributed by atoms with Crippen LogP contribution in [0.5, 0.6) is 11.5 Å². The summed E-state index contributed by atoms with van der Waals surface area (Å²) in [4.78, 5) is 20.4. The lowest BCUT2D eigenvalue weighted by atomic mass is 10.0. The number of pyridine rings is 1. The molecular formula is C24H24F2N6O3. The Morgan fingerprint density at radius 2 is 1.89 bits per heavy atom. The Kier molecular flexibility index (Phi) is 6.06. The van der Waals surface area contributed by atoms with Gasteiger partial charge in [-0.1, -0.05) is 0 Å². The number of nitriles is 1. The topological polar surface area (TPSA) is 115 Å². The van der Waals surface area contributed by atoms with Gasteiger partial charge in [0.05, 0.1) is 38.2 Å². The summed E-state index contributed by atoms with van der Waals surface area (Å²) < 4.78 is 40.6. The van der Waals surface area contributed by atoms with Crippen molar-refractivity contribution >= 4 is 28.7 Å². The van der Waals surface area contributed by atoms with Gasteiger partial charge in [0.1, 0.15) is 11.2 Å². The van der Waals surface area contributed by atoms with Crippen LogP contribution >= 0.6 is 0 Å². The molecule has 0 spiro atoms. The number of aromatic nitrogens is 1. The molecule has 9 nitrogen and oxygen atoms in total. The zero-order chi connectivity index (χ0) is 25.5. The first kappa shape index (κ1) is 23.9. The first-order chi connectivity index (χ1) is 16.7. The van der Waals surface area contributed by atoms with Gasteiger partial charge < -0.3 is 20.2 Å². The number of benzene rings is 1. The molecule has 1 aliphatic carbocycles. The normalized spacial score (nSPS) is 16.4. The highest BCUT2D eigenvalue weighted by Gasteiger charge is 2.55. The number of allylic oxidation sites excluding steroid dienone is 1. The summed E-state index contributed by atoms with van der Waals surface area (Å²) >= 11 is 0. The zero-order valence-electron chi connectivity index (χ0n) is 19.7. The van der Waals surface area contributed by atoms with Crippen molar-refractivity contribution in [1.82, 2.24) is 10.3 Å². The quantitative estimate of drug-likeness (QED) is 0.577. The summed E-state index contributed by atoms with van der Waals surface area (Å²) in [6.07, 6.45) is 3.93. The molecule has 1 aliphatic heterocycles. The van der Waals surface area contributed by atoms with Crippen LogP contribution < -0.4 is 24.6 Å². The molecule has 0 bridgehead atoms. The maximum atomic E-state index is 15.3. The molecule has 1 aromatic heterocycles. The van der Waals surface area contributed by atoms with Crippen molar-refractivity contribution in [2.45, 2.75) is 31.8 Å². The SMILES string of the molecule is CN/C=C(\C(C)=N)c1cc2c(cn1)CN(c1c(F)c(OC)cc(OC)c1F)C(=O)N2C1(C#N)CC1. The van der Waals surface area contributed by atoms with E-state index < -0.39 is 28.9 Å². The van der Waals surface area contributed by atoms with E-state index in [4.69, 9.17) is 14.9 Å². The molecule has 2 heterocycles. The van der Waals surface area contributed by atoms with Gasteiger partial charge in [0.15, 0.2) is 23.1 Å². The van der Waals surface area contributed by atoms with E-state index in [1.54, 1.807) is 26.2 Å². The number of ether oxygens (including phenoxy) is 2. The Morgan fingerprint density at radius 3 is 2.37 bits per heavy atom. The van der Waals surface area contributed by atoms with Crippen LogP contribution in [0.2, 0.25) is 0 Å². The number of carbonyl (C=O) groups excluding carboxylic acids is 1. The van der Waals surface area contributed by atoms with Crippen LogP contribution in [-0.4, -0.2) is 43.5 Å². The molecule has 1 fully saturated rings. The van der Waals surface area contributed by atoms with E-state index in [1.807, 2.05) is 0 Å². The second-order valence-electron chi connectivity index (χ2n) is 8.28. The maximum absolute atomic E-state index is 15.3. The van der Waals surface area contributed by atoms with E-state index in [0.29, 0.717) is 35.4 Å². The molecule has 2 N–H and O–H groups in total. The minimum absolute atomic E-state index is 0.196. The largest absolute Gasteiger partial charge is 0.493 e. The van der Waals surface area contributed by atoms with Crippen LogP contribution in [0.25, 0.3) is 5.57 Å². The summed E-state index contributed by atoms with van der Waals surface area (Å²) in [5.74, 6) is -2.71. The number of amides is 2. The van der Waals surface area contributed by atoms with E-state index in [9.17, 15) is 10.1 Å². The van der Waals surface area contributed by atoms with Crippen molar-refractivity contribution in [2.24, 2.45) is 0 Å². The average molecular weight is 482 g/mol. The van der Waals surface area contributed by atoms with E-state index in [2.05, 4.69) is 16.4 Å². The van der Waals surface area contributed by atoms with Crippen molar-refractivity contribution in [3.63, 3.8) is 0 Å². The third-order valence-corrected chi connectivity index (χ3v) is 6.10. The number of rotatable bonds is 7. The number of fused-ring (bicyclic) bond motifs is 1. The van der Waals surface area contributed by atoms with Gasteiger partial charge in [-0.3, -0.25) is 14.8 Å². The molecule has 182 valence electrons. The van der Waals surface area contributed by atoms with Crippen molar-refractivity contribution in [3.05, 3.63) is 47.4 Å². The van der Waals surface area contributed by atoms with Gasteiger partial charge in [-0.25, -0.2) is 13.6 Å². The molecule has 2 aromatic rings. The Morgan fingerprint density at radius 1 is 1.26 bits per heavy atom. The highest BCUT2D eigenvalue weighted by Crippen LogP contribution is 2.49. The number of hydrogen-bond donors (Lipinski definition) is 2. The first-order valence-electron chi connectivity index (χ1n) is 10.8. The number of urea groups is 1. The maximum Gasteiger partial charge on any atom is 0.330 e. The predicted molar refractivity (Wildman–Crippen MR) is 126 cm³/mol. The second-order valence-corrected chi connectivity index (χ2v) is 8.28. The van der Waals surface area contributed by atoms with Crippen molar-refractivity contribution < 1.29 is 23.0 Å². The standard InChI is InChI=1S/C24H24F2N6O3/c1-13(28)15(10-29-2)16-7-17-14(9-30-16)11-31(23(33)32(17)24(12-27)5-6-24)22-20(25)18(34-3)8-19(35-4)21(22)26/h7-10,28-29H,5-6,11H2,1-4H3/b15-10+,28-13?. The second kappa shape index (κ2) is 8.87. The van der Waals surface area contributed by atoms with Crippen LogP contribution in [0.4, 0.5) is 25.0 Å². The Balaban J connectivity index is 1.92. The first-order valence-corrected chi connectivity index (χ1v) is 10.8. The van der Waals surface area contributed by atoms with Crippen LogP contribution in [0.15, 0.2) is 24.5 Å². The fourth-order valence-electron chi connectivity index (χ4n) is 4.13. The fraction of sp³-hybridized carbons (Fsp3) is 0.333. The fourth-order valence-corrected chi connectivity index (χ4v) is 4.13. The van der Waals surface area contributed by atoms with Crippen molar-refractivity contribution in [2.75, 3.05) is 31.1 Å². The lowest BCUT2D eigenvalue weighted by molar-refractivity contribution is 0.247. The molecule has 1 aromatic carbocycles. The van der Waals surface area contributed by atoms with Gasteiger partial charge in [0.25, 0.3) is 0 Å². The predicted octanol–water partition coefficient (Wildman–Crippen LogP) is 3.98. The summed E-state index contributed by atoms with van der Waals surface area (Å²) in [6.45, 7) is 1.41. The Bertz CT molecular complexity index is 1270. The lowest BCUT2D eigenvalue weighted by Gasteiger charge is -2.39.